The summed E-state index contributed by atoms with van der Waals surface area (Å²) in [6.45, 7) is 0.673. The lowest BCUT2D eigenvalue weighted by Gasteiger charge is -2.05. The Hall–Kier alpha value is -1.86. The molecule has 2 aromatic rings. The molecule has 0 fully saturated rings. The van der Waals surface area contributed by atoms with Gasteiger partial charge in [0.15, 0.2) is 0 Å². The average Bonchev–Trinajstić information content (AvgIpc) is 2.87. The number of nitriles is 1. The van der Waals surface area contributed by atoms with Crippen LogP contribution in [0, 0.1) is 11.3 Å². The van der Waals surface area contributed by atoms with E-state index in [0.29, 0.717) is 13.0 Å². The fraction of sp³-hybridized carbons (Fsp3) is 0.267. The van der Waals surface area contributed by atoms with Crippen LogP contribution < -0.4 is 5.32 Å². The summed E-state index contributed by atoms with van der Waals surface area (Å²) in [6, 6.07) is 14.1. The molecule has 0 bridgehead atoms. The van der Waals surface area contributed by atoms with Crippen LogP contribution >= 0.6 is 11.8 Å². The molecular formula is C15H16N2OS. The molecule has 2 rings (SSSR count). The number of anilines is 1. The number of rotatable bonds is 6. The first-order valence-corrected chi connectivity index (χ1v) is 7.47. The number of furan rings is 1. The first kappa shape index (κ1) is 13.6. The van der Waals surface area contributed by atoms with Crippen molar-refractivity contribution in [3.05, 3.63) is 53.5 Å². The topological polar surface area (TPSA) is 49.0 Å². The van der Waals surface area contributed by atoms with E-state index in [1.54, 1.807) is 11.8 Å². The van der Waals surface area contributed by atoms with Gasteiger partial charge in [0.1, 0.15) is 11.5 Å². The van der Waals surface area contributed by atoms with Crippen LogP contribution in [0.15, 0.2) is 40.8 Å². The summed E-state index contributed by atoms with van der Waals surface area (Å²) < 4.78 is 5.68. The van der Waals surface area contributed by atoms with E-state index in [1.807, 2.05) is 36.4 Å². The maximum absolute atomic E-state index is 8.61. The lowest BCUT2D eigenvalue weighted by molar-refractivity contribution is 0.487. The van der Waals surface area contributed by atoms with Gasteiger partial charge >= 0.3 is 0 Å². The molecule has 4 heteroatoms. The Labute approximate surface area is 117 Å². The van der Waals surface area contributed by atoms with Gasteiger partial charge in [0.25, 0.3) is 0 Å². The van der Waals surface area contributed by atoms with Crippen molar-refractivity contribution in [2.24, 2.45) is 0 Å². The summed E-state index contributed by atoms with van der Waals surface area (Å²) in [6.07, 6.45) is 2.51. The fourth-order valence-electron chi connectivity index (χ4n) is 1.76. The van der Waals surface area contributed by atoms with Gasteiger partial charge < -0.3 is 9.73 Å². The second-order valence-corrected chi connectivity index (χ2v) is 5.05. The van der Waals surface area contributed by atoms with Crippen LogP contribution in [-0.4, -0.2) is 6.26 Å². The van der Waals surface area contributed by atoms with Crippen molar-refractivity contribution in [2.45, 2.75) is 18.7 Å². The smallest absolute Gasteiger partial charge is 0.123 e. The van der Waals surface area contributed by atoms with E-state index in [-0.39, 0.29) is 0 Å². The highest BCUT2D eigenvalue weighted by molar-refractivity contribution is 7.97. The molecule has 3 nitrogen and oxygen atoms in total. The quantitative estimate of drug-likeness (QED) is 0.868. The van der Waals surface area contributed by atoms with Gasteiger partial charge in [-0.05, 0) is 36.1 Å². The monoisotopic (exact) mass is 272 g/mol. The first-order valence-electron chi connectivity index (χ1n) is 6.08. The third-order valence-electron chi connectivity index (χ3n) is 2.71. The highest BCUT2D eigenvalue weighted by atomic mass is 32.2. The zero-order valence-electron chi connectivity index (χ0n) is 10.8. The van der Waals surface area contributed by atoms with E-state index in [9.17, 15) is 0 Å². The van der Waals surface area contributed by atoms with Gasteiger partial charge in [0.05, 0.1) is 24.8 Å². The van der Waals surface area contributed by atoms with Crippen LogP contribution in [0.2, 0.25) is 0 Å². The standard InChI is InChI=1S/C15H16N2OS/c1-19-11-15-7-6-14(18-15)10-17-13-4-2-12(3-5-13)8-9-16/h2-7,17H,8,10-11H2,1H3. The van der Waals surface area contributed by atoms with Gasteiger partial charge in [0, 0.05) is 5.69 Å². The molecule has 0 aliphatic heterocycles. The van der Waals surface area contributed by atoms with E-state index < -0.39 is 0 Å². The zero-order valence-corrected chi connectivity index (χ0v) is 11.7. The van der Waals surface area contributed by atoms with Crippen molar-refractivity contribution >= 4 is 17.4 Å². The van der Waals surface area contributed by atoms with Gasteiger partial charge in [0.2, 0.25) is 0 Å². The molecule has 0 amide bonds. The SMILES string of the molecule is CSCc1ccc(CNc2ccc(CC#N)cc2)o1. The molecule has 1 N–H and O–H groups in total. The molecule has 0 radical (unpaired) electrons. The Morgan fingerprint density at radius 2 is 1.89 bits per heavy atom. The Bertz CT molecular complexity index is 554. The van der Waals surface area contributed by atoms with Crippen LogP contribution in [0.4, 0.5) is 5.69 Å². The summed E-state index contributed by atoms with van der Waals surface area (Å²) >= 11 is 1.75. The maximum Gasteiger partial charge on any atom is 0.123 e. The van der Waals surface area contributed by atoms with Crippen LogP contribution in [0.1, 0.15) is 17.1 Å². The van der Waals surface area contributed by atoms with Crippen molar-refractivity contribution in [2.75, 3.05) is 11.6 Å². The lowest BCUT2D eigenvalue weighted by atomic mass is 10.1. The second kappa shape index (κ2) is 6.91. The van der Waals surface area contributed by atoms with Crippen molar-refractivity contribution in [3.8, 4) is 6.07 Å². The van der Waals surface area contributed by atoms with Gasteiger partial charge in [-0.3, -0.25) is 0 Å². The van der Waals surface area contributed by atoms with Gasteiger partial charge in [-0.1, -0.05) is 12.1 Å². The molecular weight excluding hydrogens is 256 g/mol. The summed E-state index contributed by atoms with van der Waals surface area (Å²) in [4.78, 5) is 0. The number of thioether (sulfide) groups is 1. The first-order chi connectivity index (χ1) is 9.31. The Morgan fingerprint density at radius 1 is 1.16 bits per heavy atom. The van der Waals surface area contributed by atoms with Gasteiger partial charge in [-0.2, -0.15) is 17.0 Å². The van der Waals surface area contributed by atoms with E-state index in [4.69, 9.17) is 9.68 Å². The third kappa shape index (κ3) is 4.08. The summed E-state index contributed by atoms with van der Waals surface area (Å²) in [5.41, 5.74) is 2.07. The molecule has 0 unspecified atom stereocenters. The summed E-state index contributed by atoms with van der Waals surface area (Å²) in [5, 5.41) is 11.9. The number of hydrogen-bond donors (Lipinski definition) is 1. The normalized spacial score (nSPS) is 10.1. The highest BCUT2D eigenvalue weighted by Gasteiger charge is 2.01. The molecule has 1 heterocycles. The molecule has 19 heavy (non-hydrogen) atoms. The minimum Gasteiger partial charge on any atom is -0.463 e. The molecule has 1 aromatic carbocycles. The Morgan fingerprint density at radius 3 is 2.58 bits per heavy atom. The largest absolute Gasteiger partial charge is 0.463 e. The predicted octanol–water partition coefficient (Wildman–Crippen LogP) is 3.82. The summed E-state index contributed by atoms with van der Waals surface area (Å²) in [7, 11) is 0. The molecule has 0 atom stereocenters. The van der Waals surface area contributed by atoms with Gasteiger partial charge in [-0.15, -0.1) is 0 Å². The van der Waals surface area contributed by atoms with E-state index in [2.05, 4.69) is 17.6 Å². The number of nitrogens with one attached hydrogen (secondary N) is 1. The van der Waals surface area contributed by atoms with E-state index in [1.165, 1.54) is 0 Å². The van der Waals surface area contributed by atoms with Crippen molar-refractivity contribution in [3.63, 3.8) is 0 Å². The Balaban J connectivity index is 1.89. The minimum absolute atomic E-state index is 0.455. The molecule has 1 aromatic heterocycles. The van der Waals surface area contributed by atoms with E-state index in [0.717, 1.165) is 28.5 Å². The summed E-state index contributed by atoms with van der Waals surface area (Å²) in [5.74, 6) is 2.85. The Kier molecular flexibility index (Phi) is 4.93. The van der Waals surface area contributed by atoms with Crippen molar-refractivity contribution < 1.29 is 4.42 Å². The predicted molar refractivity (Wildman–Crippen MR) is 79.0 cm³/mol. The minimum atomic E-state index is 0.455. The van der Waals surface area contributed by atoms with Crippen molar-refractivity contribution in [1.29, 1.82) is 5.26 Å². The molecule has 98 valence electrons. The second-order valence-electron chi connectivity index (χ2n) is 4.19. The number of benzene rings is 1. The third-order valence-corrected chi connectivity index (χ3v) is 3.28. The van der Waals surface area contributed by atoms with Crippen LogP contribution in [0.3, 0.4) is 0 Å². The van der Waals surface area contributed by atoms with E-state index >= 15 is 0 Å². The highest BCUT2D eigenvalue weighted by Crippen LogP contribution is 2.15. The van der Waals surface area contributed by atoms with Crippen LogP contribution in [-0.2, 0) is 18.7 Å². The van der Waals surface area contributed by atoms with Crippen LogP contribution in [0.25, 0.3) is 0 Å². The molecule has 0 aliphatic rings. The number of hydrogen-bond acceptors (Lipinski definition) is 4. The maximum atomic E-state index is 8.61. The molecule has 0 spiro atoms. The number of nitrogens with zero attached hydrogens (tertiary/aromatic N) is 1. The zero-order chi connectivity index (χ0) is 13.5. The molecule has 0 saturated carbocycles. The van der Waals surface area contributed by atoms with Crippen LogP contribution in [0.5, 0.6) is 0 Å². The lowest BCUT2D eigenvalue weighted by Crippen LogP contribution is -1.98. The molecule has 0 aliphatic carbocycles. The van der Waals surface area contributed by atoms with Crippen molar-refractivity contribution in [1.82, 2.24) is 0 Å². The fourth-order valence-corrected chi connectivity index (χ4v) is 2.20. The molecule has 0 saturated heterocycles. The van der Waals surface area contributed by atoms with Gasteiger partial charge in [-0.25, -0.2) is 0 Å². The average molecular weight is 272 g/mol.